The summed E-state index contributed by atoms with van der Waals surface area (Å²) in [4.78, 5) is 12.0. The van der Waals surface area contributed by atoms with Crippen molar-refractivity contribution in [3.8, 4) is 5.75 Å². The topological polar surface area (TPSA) is 38.3 Å². The molecule has 1 N–H and O–H groups in total. The number of carbonyl (C=O) groups excluding carboxylic acids is 1. The Labute approximate surface area is 121 Å². The van der Waals surface area contributed by atoms with E-state index in [-0.39, 0.29) is 5.91 Å². The van der Waals surface area contributed by atoms with Gasteiger partial charge in [0.2, 0.25) is 0 Å². The summed E-state index contributed by atoms with van der Waals surface area (Å²) in [6.07, 6.45) is 0. The number of hydrogen-bond donors (Lipinski definition) is 1. The van der Waals surface area contributed by atoms with Crippen LogP contribution in [0.15, 0.2) is 24.3 Å². The second-order valence-electron chi connectivity index (χ2n) is 3.93. The van der Waals surface area contributed by atoms with Crippen molar-refractivity contribution in [2.75, 3.05) is 17.8 Å². The van der Waals surface area contributed by atoms with Crippen LogP contribution >= 0.6 is 27.7 Å². The minimum atomic E-state index is -0.0871. The highest BCUT2D eigenvalue weighted by Crippen LogP contribution is 2.18. The summed E-state index contributed by atoms with van der Waals surface area (Å²) in [6.45, 7) is 4.96. The summed E-state index contributed by atoms with van der Waals surface area (Å²) in [6, 6.07) is 7.24. The lowest BCUT2D eigenvalue weighted by Gasteiger charge is -2.10. The summed E-state index contributed by atoms with van der Waals surface area (Å²) in [5.74, 6) is 1.43. The van der Waals surface area contributed by atoms with Crippen LogP contribution in [0.4, 0.5) is 0 Å². The van der Waals surface area contributed by atoms with Crippen molar-refractivity contribution in [1.82, 2.24) is 5.32 Å². The first kappa shape index (κ1) is 15.4. The number of nitrogens with one attached hydrogen (secondary N) is 1. The van der Waals surface area contributed by atoms with Crippen LogP contribution < -0.4 is 10.1 Å². The van der Waals surface area contributed by atoms with Crippen molar-refractivity contribution in [2.24, 2.45) is 0 Å². The summed E-state index contributed by atoms with van der Waals surface area (Å²) >= 11 is 5.02. The van der Waals surface area contributed by atoms with E-state index in [1.807, 2.05) is 23.9 Å². The van der Waals surface area contributed by atoms with Gasteiger partial charge in [0.05, 0.1) is 5.56 Å². The molecule has 0 saturated carbocycles. The predicted octanol–water partition coefficient (Wildman–Crippen LogP) is 3.29. The Morgan fingerprint density at radius 1 is 1.44 bits per heavy atom. The number of carbonyl (C=O) groups is 1. The van der Waals surface area contributed by atoms with E-state index in [4.69, 9.17) is 4.74 Å². The molecule has 0 aliphatic heterocycles. The van der Waals surface area contributed by atoms with E-state index in [2.05, 4.69) is 35.1 Å². The lowest BCUT2D eigenvalue weighted by molar-refractivity contribution is 0.0953. The summed E-state index contributed by atoms with van der Waals surface area (Å²) in [7, 11) is 0. The maximum Gasteiger partial charge on any atom is 0.255 e. The average Bonchev–Trinajstić information content (AvgIpc) is 2.35. The molecule has 0 unspecified atom stereocenters. The van der Waals surface area contributed by atoms with Crippen LogP contribution in [0.2, 0.25) is 0 Å². The molecular formula is C13H18BrNO2S. The normalized spacial score (nSPS) is 10.4. The first-order valence-corrected chi connectivity index (χ1v) is 7.99. The highest BCUT2D eigenvalue weighted by Gasteiger charge is 2.11. The number of rotatable bonds is 7. The molecule has 1 amide bonds. The maximum atomic E-state index is 12.0. The Bertz CT molecular complexity index is 385. The first-order valence-electron chi connectivity index (χ1n) is 5.82. The number of benzene rings is 1. The Hall–Kier alpha value is -0.680. The minimum Gasteiger partial charge on any atom is -0.482 e. The molecule has 1 rings (SSSR count). The molecule has 5 heteroatoms. The van der Waals surface area contributed by atoms with Crippen LogP contribution in [0, 0.1) is 0 Å². The monoisotopic (exact) mass is 331 g/mol. The van der Waals surface area contributed by atoms with Gasteiger partial charge in [-0.3, -0.25) is 4.79 Å². The molecule has 0 bridgehead atoms. The number of para-hydroxylation sites is 1. The smallest absolute Gasteiger partial charge is 0.255 e. The van der Waals surface area contributed by atoms with Gasteiger partial charge in [-0.1, -0.05) is 26.0 Å². The third kappa shape index (κ3) is 5.31. The summed E-state index contributed by atoms with van der Waals surface area (Å²) in [5, 5.41) is 3.49. The lowest BCUT2D eigenvalue weighted by Crippen LogP contribution is -2.26. The molecule has 3 nitrogen and oxygen atoms in total. The highest BCUT2D eigenvalue weighted by atomic mass is 79.9. The fourth-order valence-corrected chi connectivity index (χ4v) is 2.33. The van der Waals surface area contributed by atoms with Crippen LogP contribution in [0.5, 0.6) is 5.75 Å². The zero-order valence-corrected chi connectivity index (χ0v) is 13.0. The van der Waals surface area contributed by atoms with E-state index >= 15 is 0 Å². The third-order valence-electron chi connectivity index (χ3n) is 2.18. The number of amides is 1. The minimum absolute atomic E-state index is 0.0871. The van der Waals surface area contributed by atoms with Gasteiger partial charge < -0.3 is 10.1 Å². The van der Waals surface area contributed by atoms with Crippen LogP contribution in [-0.2, 0) is 0 Å². The highest BCUT2D eigenvalue weighted by molar-refractivity contribution is 9.09. The van der Waals surface area contributed by atoms with E-state index in [9.17, 15) is 4.79 Å². The van der Waals surface area contributed by atoms with E-state index < -0.39 is 0 Å². The molecule has 0 aliphatic rings. The largest absolute Gasteiger partial charge is 0.482 e. The van der Waals surface area contributed by atoms with Gasteiger partial charge >= 0.3 is 0 Å². The van der Waals surface area contributed by atoms with Gasteiger partial charge in [-0.05, 0) is 33.3 Å². The maximum absolute atomic E-state index is 12.0. The third-order valence-corrected chi connectivity index (χ3v) is 3.52. The SMILES string of the molecule is CC(C)SCCNC(=O)c1ccccc1OCBr. The zero-order chi connectivity index (χ0) is 13.4. The molecule has 0 heterocycles. The number of ether oxygens (including phenoxy) is 1. The molecule has 1 aromatic rings. The van der Waals surface area contributed by atoms with Gasteiger partial charge in [0, 0.05) is 12.3 Å². The molecule has 100 valence electrons. The van der Waals surface area contributed by atoms with Gasteiger partial charge in [0.1, 0.15) is 11.3 Å². The number of alkyl halides is 1. The molecular weight excluding hydrogens is 314 g/mol. The first-order chi connectivity index (χ1) is 8.65. The molecule has 0 atom stereocenters. The molecule has 0 aromatic heterocycles. The fourth-order valence-electron chi connectivity index (χ4n) is 1.39. The summed E-state index contributed by atoms with van der Waals surface area (Å²) in [5.41, 5.74) is 0.951. The molecule has 0 saturated heterocycles. The van der Waals surface area contributed by atoms with Crippen LogP contribution in [0.1, 0.15) is 24.2 Å². The van der Waals surface area contributed by atoms with E-state index in [1.54, 1.807) is 12.1 Å². The molecule has 0 radical (unpaired) electrons. The van der Waals surface area contributed by atoms with Crippen molar-refractivity contribution in [2.45, 2.75) is 19.1 Å². The van der Waals surface area contributed by atoms with Crippen molar-refractivity contribution < 1.29 is 9.53 Å². The Kier molecular flexibility index (Phi) is 7.20. The molecule has 0 fully saturated rings. The van der Waals surface area contributed by atoms with Gasteiger partial charge in [0.15, 0.2) is 0 Å². The van der Waals surface area contributed by atoms with Gasteiger partial charge in [0.25, 0.3) is 5.91 Å². The number of thioether (sulfide) groups is 1. The van der Waals surface area contributed by atoms with Crippen molar-refractivity contribution in [1.29, 1.82) is 0 Å². The summed E-state index contributed by atoms with van der Waals surface area (Å²) < 4.78 is 5.35. The molecule has 0 aliphatic carbocycles. The molecule has 1 aromatic carbocycles. The predicted molar refractivity (Wildman–Crippen MR) is 80.8 cm³/mol. The second kappa shape index (κ2) is 8.43. The van der Waals surface area contributed by atoms with Crippen LogP contribution in [0.25, 0.3) is 0 Å². The Morgan fingerprint density at radius 2 is 2.17 bits per heavy atom. The molecule has 0 spiro atoms. The van der Waals surface area contributed by atoms with E-state index in [0.29, 0.717) is 28.6 Å². The van der Waals surface area contributed by atoms with Crippen molar-refractivity contribution in [3.05, 3.63) is 29.8 Å². The van der Waals surface area contributed by atoms with Gasteiger partial charge in [-0.25, -0.2) is 0 Å². The van der Waals surface area contributed by atoms with E-state index in [0.717, 1.165) is 5.75 Å². The number of halogens is 1. The van der Waals surface area contributed by atoms with Crippen molar-refractivity contribution >= 4 is 33.6 Å². The quantitative estimate of drug-likeness (QED) is 0.615. The number of hydrogen-bond acceptors (Lipinski definition) is 3. The van der Waals surface area contributed by atoms with Gasteiger partial charge in [-0.2, -0.15) is 11.8 Å². The van der Waals surface area contributed by atoms with E-state index in [1.165, 1.54) is 0 Å². The van der Waals surface area contributed by atoms with Crippen molar-refractivity contribution in [3.63, 3.8) is 0 Å². The van der Waals surface area contributed by atoms with Crippen LogP contribution in [-0.4, -0.2) is 29.0 Å². The second-order valence-corrected chi connectivity index (χ2v) is 6.07. The lowest BCUT2D eigenvalue weighted by atomic mass is 10.2. The molecule has 18 heavy (non-hydrogen) atoms. The Morgan fingerprint density at radius 3 is 2.83 bits per heavy atom. The average molecular weight is 332 g/mol. The standard InChI is InChI=1S/C13H18BrNO2S/c1-10(2)18-8-7-15-13(16)11-5-3-4-6-12(11)17-9-14/h3-6,10H,7-9H2,1-2H3,(H,15,16). The fraction of sp³-hybridized carbons (Fsp3) is 0.462. The Balaban J connectivity index is 2.50. The zero-order valence-electron chi connectivity index (χ0n) is 10.6. The van der Waals surface area contributed by atoms with Gasteiger partial charge in [-0.15, -0.1) is 0 Å². The van der Waals surface area contributed by atoms with Crippen LogP contribution in [0.3, 0.4) is 0 Å².